The minimum atomic E-state index is 0.482. The summed E-state index contributed by atoms with van der Waals surface area (Å²) in [6.45, 7) is 0. The predicted octanol–water partition coefficient (Wildman–Crippen LogP) is 2.66. The molecule has 0 amide bonds. The Hall–Kier alpha value is -3.92. The number of hydrogen-bond donors (Lipinski definition) is 0. The average Bonchev–Trinajstić information content (AvgIpc) is 3.19. The second-order valence-corrected chi connectivity index (χ2v) is 5.20. The SMILES string of the molecule is N#Cc1cncc(-n2cc(-c3cccc(-c4ncccn4)n3)cn2)c1. The topological polar surface area (TPSA) is 93.2 Å². The van der Waals surface area contributed by atoms with E-state index >= 15 is 0 Å². The van der Waals surface area contributed by atoms with Crippen molar-refractivity contribution in [2.24, 2.45) is 0 Å². The summed E-state index contributed by atoms with van der Waals surface area (Å²) < 4.78 is 1.66. The molecule has 4 heterocycles. The van der Waals surface area contributed by atoms with Gasteiger partial charge in [0.05, 0.1) is 29.3 Å². The molecule has 4 aromatic rings. The van der Waals surface area contributed by atoms with Gasteiger partial charge in [-0.1, -0.05) is 6.07 Å². The Bertz CT molecular complexity index is 1060. The highest BCUT2D eigenvalue weighted by Crippen LogP contribution is 2.21. The molecule has 0 aliphatic carbocycles. The molecular weight excluding hydrogens is 314 g/mol. The van der Waals surface area contributed by atoms with Crippen LogP contribution in [0.5, 0.6) is 0 Å². The largest absolute Gasteiger partial charge is 0.261 e. The molecule has 0 aliphatic heterocycles. The van der Waals surface area contributed by atoms with E-state index in [1.54, 1.807) is 41.6 Å². The monoisotopic (exact) mass is 325 g/mol. The van der Waals surface area contributed by atoms with E-state index in [0.29, 0.717) is 22.8 Å². The van der Waals surface area contributed by atoms with Crippen molar-refractivity contribution < 1.29 is 0 Å². The summed E-state index contributed by atoms with van der Waals surface area (Å²) in [6, 6.07) is 11.2. The highest BCUT2D eigenvalue weighted by atomic mass is 15.3. The van der Waals surface area contributed by atoms with Crippen LogP contribution in [-0.4, -0.2) is 29.7 Å². The molecule has 0 bridgehead atoms. The van der Waals surface area contributed by atoms with Crippen LogP contribution in [0.15, 0.2) is 67.5 Å². The summed E-state index contributed by atoms with van der Waals surface area (Å²) >= 11 is 0. The highest BCUT2D eigenvalue weighted by Gasteiger charge is 2.08. The Kier molecular flexibility index (Phi) is 3.69. The molecule has 0 saturated heterocycles. The number of pyridine rings is 2. The third kappa shape index (κ3) is 2.96. The summed E-state index contributed by atoms with van der Waals surface area (Å²) in [5.74, 6) is 0.572. The Morgan fingerprint density at radius 2 is 1.80 bits per heavy atom. The highest BCUT2D eigenvalue weighted by molar-refractivity contribution is 5.62. The molecule has 0 aliphatic rings. The van der Waals surface area contributed by atoms with E-state index in [4.69, 9.17) is 5.26 Å². The molecule has 0 aromatic carbocycles. The van der Waals surface area contributed by atoms with E-state index in [1.807, 2.05) is 24.4 Å². The van der Waals surface area contributed by atoms with Crippen LogP contribution in [0.4, 0.5) is 0 Å². The molecule has 0 atom stereocenters. The lowest BCUT2D eigenvalue weighted by molar-refractivity contribution is 0.873. The fourth-order valence-electron chi connectivity index (χ4n) is 2.36. The summed E-state index contributed by atoms with van der Waals surface area (Å²) in [5.41, 5.74) is 3.50. The molecule has 7 nitrogen and oxygen atoms in total. The van der Waals surface area contributed by atoms with E-state index in [-0.39, 0.29) is 0 Å². The second kappa shape index (κ2) is 6.29. The number of nitriles is 1. The first-order valence-electron chi connectivity index (χ1n) is 7.48. The molecular formula is C18H11N7. The van der Waals surface area contributed by atoms with Crippen LogP contribution in [0.25, 0.3) is 28.5 Å². The van der Waals surface area contributed by atoms with Crippen LogP contribution in [0.3, 0.4) is 0 Å². The van der Waals surface area contributed by atoms with Gasteiger partial charge in [0.2, 0.25) is 0 Å². The quantitative estimate of drug-likeness (QED) is 0.575. The minimum Gasteiger partial charge on any atom is -0.261 e. The predicted molar refractivity (Wildman–Crippen MR) is 90.3 cm³/mol. The van der Waals surface area contributed by atoms with Crippen LogP contribution >= 0.6 is 0 Å². The van der Waals surface area contributed by atoms with E-state index in [9.17, 15) is 0 Å². The van der Waals surface area contributed by atoms with Crippen LogP contribution in [0.2, 0.25) is 0 Å². The summed E-state index contributed by atoms with van der Waals surface area (Å²) in [5, 5.41) is 13.3. The average molecular weight is 325 g/mol. The molecule has 0 spiro atoms. The lowest BCUT2D eigenvalue weighted by Gasteiger charge is -2.02. The molecule has 0 unspecified atom stereocenters. The zero-order chi connectivity index (χ0) is 17.1. The maximum Gasteiger partial charge on any atom is 0.178 e. The molecule has 4 rings (SSSR count). The van der Waals surface area contributed by atoms with Crippen LogP contribution in [0.1, 0.15) is 5.56 Å². The molecule has 0 fully saturated rings. The van der Waals surface area contributed by atoms with Crippen molar-refractivity contribution in [1.82, 2.24) is 29.7 Å². The van der Waals surface area contributed by atoms with Gasteiger partial charge in [0.1, 0.15) is 11.8 Å². The van der Waals surface area contributed by atoms with Crippen molar-refractivity contribution in [1.29, 1.82) is 5.26 Å². The van der Waals surface area contributed by atoms with Crippen molar-refractivity contribution in [2.75, 3.05) is 0 Å². The van der Waals surface area contributed by atoms with Gasteiger partial charge in [-0.2, -0.15) is 10.4 Å². The molecule has 4 aromatic heterocycles. The van der Waals surface area contributed by atoms with Crippen molar-refractivity contribution >= 4 is 0 Å². The first kappa shape index (κ1) is 14.7. The zero-order valence-corrected chi connectivity index (χ0v) is 13.0. The van der Waals surface area contributed by atoms with Gasteiger partial charge in [0.15, 0.2) is 5.82 Å². The van der Waals surface area contributed by atoms with Gasteiger partial charge < -0.3 is 0 Å². The van der Waals surface area contributed by atoms with Gasteiger partial charge >= 0.3 is 0 Å². The van der Waals surface area contributed by atoms with E-state index in [1.165, 1.54) is 6.20 Å². The number of hydrogen-bond acceptors (Lipinski definition) is 6. The first-order chi connectivity index (χ1) is 12.3. The summed E-state index contributed by atoms with van der Waals surface area (Å²) in [7, 11) is 0. The van der Waals surface area contributed by atoms with Gasteiger partial charge in [-0.25, -0.2) is 19.6 Å². The molecule has 25 heavy (non-hydrogen) atoms. The Balaban J connectivity index is 1.70. The standard InChI is InChI=1S/C18H11N7/c19-8-13-7-15(11-20-9-13)25-12-14(10-23-25)16-3-1-4-17(24-16)18-21-5-2-6-22-18/h1-7,9-12H. The maximum atomic E-state index is 8.99. The third-order valence-electron chi connectivity index (χ3n) is 3.54. The Labute approximate surface area is 143 Å². The van der Waals surface area contributed by atoms with Crippen molar-refractivity contribution in [3.05, 3.63) is 73.1 Å². The lowest BCUT2D eigenvalue weighted by Crippen LogP contribution is -1.95. The third-order valence-corrected chi connectivity index (χ3v) is 3.54. The van der Waals surface area contributed by atoms with Gasteiger partial charge in [0, 0.05) is 30.4 Å². The molecule has 0 N–H and O–H groups in total. The van der Waals surface area contributed by atoms with E-state index in [0.717, 1.165) is 11.3 Å². The smallest absolute Gasteiger partial charge is 0.178 e. The molecule has 7 heteroatoms. The fraction of sp³-hybridized carbons (Fsp3) is 0. The van der Waals surface area contributed by atoms with Crippen molar-refractivity contribution in [3.8, 4) is 34.5 Å². The van der Waals surface area contributed by atoms with Crippen LogP contribution in [0, 0.1) is 11.3 Å². The van der Waals surface area contributed by atoms with Gasteiger partial charge in [-0.05, 0) is 24.3 Å². The van der Waals surface area contributed by atoms with Gasteiger partial charge in [-0.15, -0.1) is 0 Å². The summed E-state index contributed by atoms with van der Waals surface area (Å²) in [6.07, 6.45) is 10.1. The van der Waals surface area contributed by atoms with Gasteiger partial charge in [0.25, 0.3) is 0 Å². The zero-order valence-electron chi connectivity index (χ0n) is 13.0. The minimum absolute atomic E-state index is 0.482. The maximum absolute atomic E-state index is 8.99. The van der Waals surface area contributed by atoms with Crippen LogP contribution < -0.4 is 0 Å². The molecule has 118 valence electrons. The fourth-order valence-corrected chi connectivity index (χ4v) is 2.36. The van der Waals surface area contributed by atoms with Crippen molar-refractivity contribution in [3.63, 3.8) is 0 Å². The van der Waals surface area contributed by atoms with Crippen molar-refractivity contribution in [2.45, 2.75) is 0 Å². The Morgan fingerprint density at radius 3 is 2.64 bits per heavy atom. The van der Waals surface area contributed by atoms with E-state index < -0.39 is 0 Å². The Morgan fingerprint density at radius 1 is 0.960 bits per heavy atom. The molecule has 0 radical (unpaired) electrons. The van der Waals surface area contributed by atoms with Crippen LogP contribution in [-0.2, 0) is 0 Å². The number of rotatable bonds is 3. The first-order valence-corrected chi connectivity index (χ1v) is 7.48. The number of aromatic nitrogens is 6. The number of nitrogens with zero attached hydrogens (tertiary/aromatic N) is 7. The van der Waals surface area contributed by atoms with E-state index in [2.05, 4.69) is 31.1 Å². The lowest BCUT2D eigenvalue weighted by atomic mass is 10.2. The normalized spacial score (nSPS) is 10.4. The molecule has 0 saturated carbocycles. The second-order valence-electron chi connectivity index (χ2n) is 5.20. The summed E-state index contributed by atoms with van der Waals surface area (Å²) in [4.78, 5) is 17.1. The van der Waals surface area contributed by atoms with Gasteiger partial charge in [-0.3, -0.25) is 4.98 Å².